The molecule has 1 heterocycles. The summed E-state index contributed by atoms with van der Waals surface area (Å²) in [6.45, 7) is 3.59. The SMILES string of the molecule is CC(CC(N)=O)NC1CCCOC1. The third kappa shape index (κ3) is 4.24. The molecule has 4 heteroatoms. The van der Waals surface area contributed by atoms with Gasteiger partial charge in [0.2, 0.25) is 5.91 Å². The summed E-state index contributed by atoms with van der Waals surface area (Å²) in [4.78, 5) is 10.6. The van der Waals surface area contributed by atoms with Crippen molar-refractivity contribution >= 4 is 5.91 Å². The van der Waals surface area contributed by atoms with Crippen LogP contribution in [0.2, 0.25) is 0 Å². The largest absolute Gasteiger partial charge is 0.380 e. The van der Waals surface area contributed by atoms with Gasteiger partial charge in [0.05, 0.1) is 6.61 Å². The van der Waals surface area contributed by atoms with Crippen molar-refractivity contribution in [3.8, 4) is 0 Å². The van der Waals surface area contributed by atoms with Gasteiger partial charge in [-0.1, -0.05) is 0 Å². The molecular formula is C9H18N2O2. The first-order valence-electron chi connectivity index (χ1n) is 4.80. The molecule has 2 atom stereocenters. The predicted octanol–water partition coefficient (Wildman–Crippen LogP) is 0.0189. The van der Waals surface area contributed by atoms with E-state index in [4.69, 9.17) is 10.5 Å². The van der Waals surface area contributed by atoms with E-state index >= 15 is 0 Å². The maximum Gasteiger partial charge on any atom is 0.218 e. The van der Waals surface area contributed by atoms with E-state index in [0.717, 1.165) is 26.1 Å². The van der Waals surface area contributed by atoms with Crippen LogP contribution in [-0.2, 0) is 9.53 Å². The highest BCUT2D eigenvalue weighted by Crippen LogP contribution is 2.07. The van der Waals surface area contributed by atoms with Gasteiger partial charge in [-0.05, 0) is 19.8 Å². The Labute approximate surface area is 78.8 Å². The minimum atomic E-state index is -0.253. The number of rotatable bonds is 4. The smallest absolute Gasteiger partial charge is 0.218 e. The molecule has 3 N–H and O–H groups in total. The number of carbonyl (C=O) groups is 1. The second kappa shape index (κ2) is 5.19. The van der Waals surface area contributed by atoms with Crippen LogP contribution >= 0.6 is 0 Å². The molecule has 1 fully saturated rings. The molecule has 0 aromatic heterocycles. The van der Waals surface area contributed by atoms with Gasteiger partial charge < -0.3 is 15.8 Å². The van der Waals surface area contributed by atoms with Gasteiger partial charge in [0.25, 0.3) is 0 Å². The van der Waals surface area contributed by atoms with Crippen LogP contribution in [0.15, 0.2) is 0 Å². The zero-order chi connectivity index (χ0) is 9.68. The van der Waals surface area contributed by atoms with E-state index in [-0.39, 0.29) is 11.9 Å². The molecule has 0 saturated carbocycles. The Morgan fingerprint density at radius 2 is 2.54 bits per heavy atom. The molecular weight excluding hydrogens is 168 g/mol. The zero-order valence-corrected chi connectivity index (χ0v) is 8.08. The summed E-state index contributed by atoms with van der Waals surface area (Å²) in [6.07, 6.45) is 2.63. The van der Waals surface area contributed by atoms with Crippen LogP contribution in [0, 0.1) is 0 Å². The highest BCUT2D eigenvalue weighted by Gasteiger charge is 2.16. The maximum absolute atomic E-state index is 10.6. The van der Waals surface area contributed by atoms with E-state index in [1.54, 1.807) is 0 Å². The number of carbonyl (C=O) groups excluding carboxylic acids is 1. The van der Waals surface area contributed by atoms with Crippen LogP contribution in [0.25, 0.3) is 0 Å². The molecule has 0 aromatic rings. The lowest BCUT2D eigenvalue weighted by Crippen LogP contribution is -2.43. The van der Waals surface area contributed by atoms with Gasteiger partial charge in [-0.2, -0.15) is 0 Å². The third-order valence-electron chi connectivity index (χ3n) is 2.19. The van der Waals surface area contributed by atoms with Gasteiger partial charge in [-0.15, -0.1) is 0 Å². The molecule has 0 aliphatic carbocycles. The Morgan fingerprint density at radius 1 is 1.77 bits per heavy atom. The quantitative estimate of drug-likeness (QED) is 0.650. The molecule has 0 aromatic carbocycles. The minimum absolute atomic E-state index is 0.157. The Morgan fingerprint density at radius 3 is 3.08 bits per heavy atom. The Hall–Kier alpha value is -0.610. The summed E-state index contributed by atoms with van der Waals surface area (Å²) in [5.41, 5.74) is 5.09. The monoisotopic (exact) mass is 186 g/mol. The Balaban J connectivity index is 2.18. The van der Waals surface area contributed by atoms with Crippen LogP contribution in [0.5, 0.6) is 0 Å². The fourth-order valence-electron chi connectivity index (χ4n) is 1.64. The second-order valence-corrected chi connectivity index (χ2v) is 3.65. The van der Waals surface area contributed by atoms with E-state index in [9.17, 15) is 4.79 Å². The zero-order valence-electron chi connectivity index (χ0n) is 8.08. The van der Waals surface area contributed by atoms with E-state index in [1.807, 2.05) is 6.92 Å². The van der Waals surface area contributed by atoms with Crippen molar-refractivity contribution in [2.45, 2.75) is 38.3 Å². The van der Waals surface area contributed by atoms with Crippen LogP contribution in [0.3, 0.4) is 0 Å². The lowest BCUT2D eigenvalue weighted by Gasteiger charge is -2.26. The molecule has 76 valence electrons. The molecule has 4 nitrogen and oxygen atoms in total. The van der Waals surface area contributed by atoms with Crippen LogP contribution in [0.4, 0.5) is 0 Å². The molecule has 1 aliphatic rings. The first-order valence-corrected chi connectivity index (χ1v) is 4.80. The van der Waals surface area contributed by atoms with Gasteiger partial charge in [0.15, 0.2) is 0 Å². The fourth-order valence-corrected chi connectivity index (χ4v) is 1.64. The van der Waals surface area contributed by atoms with E-state index in [0.29, 0.717) is 12.5 Å². The van der Waals surface area contributed by atoms with Gasteiger partial charge >= 0.3 is 0 Å². The number of nitrogens with two attached hydrogens (primary N) is 1. The van der Waals surface area contributed by atoms with Crippen molar-refractivity contribution in [3.63, 3.8) is 0 Å². The average Bonchev–Trinajstić information content (AvgIpc) is 2.04. The lowest BCUT2D eigenvalue weighted by atomic mass is 10.1. The number of primary amides is 1. The van der Waals surface area contributed by atoms with Crippen molar-refractivity contribution < 1.29 is 9.53 Å². The average molecular weight is 186 g/mol. The number of ether oxygens (including phenoxy) is 1. The van der Waals surface area contributed by atoms with Gasteiger partial charge in [-0.3, -0.25) is 4.79 Å². The van der Waals surface area contributed by atoms with Crippen molar-refractivity contribution in [1.82, 2.24) is 5.32 Å². The van der Waals surface area contributed by atoms with E-state index in [1.165, 1.54) is 0 Å². The lowest BCUT2D eigenvalue weighted by molar-refractivity contribution is -0.118. The number of hydrogen-bond donors (Lipinski definition) is 2. The molecule has 1 rings (SSSR count). The third-order valence-corrected chi connectivity index (χ3v) is 2.19. The Kier molecular flexibility index (Phi) is 4.18. The highest BCUT2D eigenvalue weighted by atomic mass is 16.5. The normalized spacial score (nSPS) is 25.5. The van der Waals surface area contributed by atoms with Crippen molar-refractivity contribution in [1.29, 1.82) is 0 Å². The molecule has 0 bridgehead atoms. The first-order chi connectivity index (χ1) is 6.18. The molecule has 0 radical (unpaired) electrons. The molecule has 1 saturated heterocycles. The summed E-state index contributed by atoms with van der Waals surface area (Å²) >= 11 is 0. The van der Waals surface area contributed by atoms with E-state index in [2.05, 4.69) is 5.32 Å². The van der Waals surface area contributed by atoms with Gasteiger partial charge in [0, 0.05) is 25.1 Å². The topological polar surface area (TPSA) is 64.4 Å². The summed E-state index contributed by atoms with van der Waals surface area (Å²) in [7, 11) is 0. The summed E-state index contributed by atoms with van der Waals surface area (Å²) in [6, 6.07) is 0.548. The molecule has 2 unspecified atom stereocenters. The summed E-state index contributed by atoms with van der Waals surface area (Å²) < 4.78 is 5.31. The molecule has 13 heavy (non-hydrogen) atoms. The van der Waals surface area contributed by atoms with Crippen molar-refractivity contribution in [2.24, 2.45) is 5.73 Å². The Bertz CT molecular complexity index is 167. The van der Waals surface area contributed by atoms with Crippen LogP contribution in [-0.4, -0.2) is 31.2 Å². The first kappa shape index (κ1) is 10.5. The number of hydrogen-bond acceptors (Lipinski definition) is 3. The standard InChI is InChI=1S/C9H18N2O2/c1-7(5-9(10)12)11-8-3-2-4-13-6-8/h7-8,11H,2-6H2,1H3,(H2,10,12). The maximum atomic E-state index is 10.6. The number of nitrogens with one attached hydrogen (secondary N) is 1. The fraction of sp³-hybridized carbons (Fsp3) is 0.889. The highest BCUT2D eigenvalue weighted by molar-refractivity contribution is 5.74. The minimum Gasteiger partial charge on any atom is -0.380 e. The molecule has 1 aliphatic heterocycles. The van der Waals surface area contributed by atoms with Crippen molar-refractivity contribution in [2.75, 3.05) is 13.2 Å². The van der Waals surface area contributed by atoms with Crippen LogP contribution < -0.4 is 11.1 Å². The molecule has 1 amide bonds. The second-order valence-electron chi connectivity index (χ2n) is 3.65. The van der Waals surface area contributed by atoms with Gasteiger partial charge in [0.1, 0.15) is 0 Å². The summed E-state index contributed by atoms with van der Waals surface area (Å²) in [5.74, 6) is -0.253. The molecule has 0 spiro atoms. The van der Waals surface area contributed by atoms with Crippen LogP contribution in [0.1, 0.15) is 26.2 Å². The summed E-state index contributed by atoms with van der Waals surface area (Å²) in [5, 5.41) is 3.32. The predicted molar refractivity (Wildman–Crippen MR) is 50.3 cm³/mol. The van der Waals surface area contributed by atoms with Gasteiger partial charge in [-0.25, -0.2) is 0 Å². The van der Waals surface area contributed by atoms with Crippen molar-refractivity contribution in [3.05, 3.63) is 0 Å². The number of amides is 1. The van der Waals surface area contributed by atoms with E-state index < -0.39 is 0 Å².